The highest BCUT2D eigenvalue weighted by atomic mass is 35.5. The quantitative estimate of drug-likeness (QED) is 0.765. The molecule has 1 aromatic heterocycles. The normalized spacial score (nSPS) is 16.1. The molecule has 1 atom stereocenters. The average molecular weight is 407 g/mol. The fourth-order valence-electron chi connectivity index (χ4n) is 3.59. The van der Waals surface area contributed by atoms with Crippen LogP contribution in [0.3, 0.4) is 0 Å². The van der Waals surface area contributed by atoms with E-state index < -0.39 is 6.04 Å². The minimum absolute atomic E-state index is 0. The minimum atomic E-state index is -0.416. The van der Waals surface area contributed by atoms with Crippen LogP contribution in [0.25, 0.3) is 11.4 Å². The second-order valence-electron chi connectivity index (χ2n) is 7.56. The predicted octanol–water partition coefficient (Wildman–Crippen LogP) is 2.81. The van der Waals surface area contributed by atoms with Crippen LogP contribution in [0.4, 0.5) is 0 Å². The lowest BCUT2D eigenvalue weighted by atomic mass is 9.95. The number of hydrogen-bond acceptors (Lipinski definition) is 5. The molecule has 0 saturated carbocycles. The third-order valence-electron chi connectivity index (χ3n) is 5.20. The number of piperidine rings is 1. The van der Waals surface area contributed by atoms with Gasteiger partial charge < -0.3 is 10.2 Å². The minimum Gasteiger partial charge on any atom is -0.341 e. The lowest BCUT2D eigenvalue weighted by Crippen LogP contribution is -2.45. The van der Waals surface area contributed by atoms with Gasteiger partial charge in [0.05, 0.1) is 0 Å². The van der Waals surface area contributed by atoms with E-state index in [4.69, 9.17) is 0 Å². The maximum atomic E-state index is 13.2. The van der Waals surface area contributed by atoms with E-state index in [9.17, 15) is 4.79 Å². The summed E-state index contributed by atoms with van der Waals surface area (Å²) in [7, 11) is 0. The molecule has 1 unspecified atom stereocenters. The number of nitrogens with zero attached hydrogens (tertiary/aromatic N) is 5. The molecule has 154 valence electrons. The van der Waals surface area contributed by atoms with E-state index in [1.807, 2.05) is 49.1 Å². The number of nitrogens with one attached hydrogen (secondary N) is 1. The summed E-state index contributed by atoms with van der Waals surface area (Å²) in [6, 6.07) is 9.32. The Labute approximate surface area is 173 Å². The molecule has 2 aromatic rings. The molecule has 1 fully saturated rings. The van der Waals surface area contributed by atoms with E-state index in [2.05, 4.69) is 27.7 Å². The van der Waals surface area contributed by atoms with Gasteiger partial charge in [-0.25, -0.2) is 0 Å². The van der Waals surface area contributed by atoms with Crippen LogP contribution in [0.1, 0.15) is 39.7 Å². The standard InChI is InChI=1S/C20H30N6O.ClH/c1-4-21-14-16-10-12-25(13-11-16)20(27)18(15(2)3)26-23-19(22-24-26)17-8-6-5-7-9-17;/h5-9,15-16,18,21H,4,10-14H2,1-3H3;1H. The van der Waals surface area contributed by atoms with Gasteiger partial charge in [0.2, 0.25) is 11.7 Å². The molecular formula is C20H31ClN6O. The second kappa shape index (κ2) is 10.5. The Morgan fingerprint density at radius 1 is 1.21 bits per heavy atom. The SMILES string of the molecule is CCNCC1CCN(C(=O)C(C(C)C)n2nnc(-c3ccccc3)n2)CC1.Cl. The van der Waals surface area contributed by atoms with Crippen molar-refractivity contribution in [1.29, 1.82) is 0 Å². The molecule has 3 rings (SSSR count). The molecule has 1 aliphatic rings. The molecule has 0 bridgehead atoms. The fraction of sp³-hybridized carbons (Fsp3) is 0.600. The molecule has 28 heavy (non-hydrogen) atoms. The van der Waals surface area contributed by atoms with Crippen LogP contribution in [0.2, 0.25) is 0 Å². The Morgan fingerprint density at radius 3 is 2.50 bits per heavy atom. The van der Waals surface area contributed by atoms with Gasteiger partial charge in [0.15, 0.2) is 6.04 Å². The highest BCUT2D eigenvalue weighted by Gasteiger charge is 2.33. The number of carbonyl (C=O) groups is 1. The van der Waals surface area contributed by atoms with Gasteiger partial charge in [-0.2, -0.15) is 4.80 Å². The maximum Gasteiger partial charge on any atom is 0.249 e. The summed E-state index contributed by atoms with van der Waals surface area (Å²) in [6.07, 6.45) is 2.09. The first-order chi connectivity index (χ1) is 13.1. The molecule has 7 nitrogen and oxygen atoms in total. The number of carbonyl (C=O) groups excluding carboxylic acids is 1. The number of likely N-dealkylation sites (tertiary alicyclic amines) is 1. The Balaban J connectivity index is 0.00000280. The van der Waals surface area contributed by atoms with Crippen molar-refractivity contribution >= 4 is 18.3 Å². The van der Waals surface area contributed by atoms with Crippen molar-refractivity contribution in [3.8, 4) is 11.4 Å². The van der Waals surface area contributed by atoms with Crippen molar-refractivity contribution in [1.82, 2.24) is 30.4 Å². The molecule has 1 aliphatic heterocycles. The smallest absolute Gasteiger partial charge is 0.249 e. The number of benzene rings is 1. The molecule has 1 N–H and O–H groups in total. The van der Waals surface area contributed by atoms with Gasteiger partial charge in [-0.05, 0) is 43.0 Å². The van der Waals surface area contributed by atoms with Crippen molar-refractivity contribution in [2.75, 3.05) is 26.2 Å². The topological polar surface area (TPSA) is 75.9 Å². The van der Waals surface area contributed by atoms with E-state index in [0.29, 0.717) is 11.7 Å². The monoisotopic (exact) mass is 406 g/mol. The Hall–Kier alpha value is -1.99. The first-order valence-corrected chi connectivity index (χ1v) is 9.94. The predicted molar refractivity (Wildman–Crippen MR) is 112 cm³/mol. The number of tetrazole rings is 1. The maximum absolute atomic E-state index is 13.2. The van der Waals surface area contributed by atoms with E-state index in [1.54, 1.807) is 0 Å². The summed E-state index contributed by atoms with van der Waals surface area (Å²) in [6.45, 7) is 9.84. The average Bonchev–Trinajstić information content (AvgIpc) is 3.17. The fourth-order valence-corrected chi connectivity index (χ4v) is 3.59. The van der Waals surface area contributed by atoms with E-state index in [-0.39, 0.29) is 24.2 Å². The Kier molecular flexibility index (Phi) is 8.38. The molecule has 0 radical (unpaired) electrons. The number of hydrogen-bond donors (Lipinski definition) is 1. The molecule has 1 aromatic carbocycles. The summed E-state index contributed by atoms with van der Waals surface area (Å²) in [5, 5.41) is 16.3. The van der Waals surface area contributed by atoms with Gasteiger partial charge >= 0.3 is 0 Å². The number of aromatic nitrogens is 4. The van der Waals surface area contributed by atoms with Crippen LogP contribution >= 0.6 is 12.4 Å². The lowest BCUT2D eigenvalue weighted by molar-refractivity contribution is -0.138. The van der Waals surface area contributed by atoms with Crippen LogP contribution in [0.15, 0.2) is 30.3 Å². The molecular weight excluding hydrogens is 376 g/mol. The summed E-state index contributed by atoms with van der Waals surface area (Å²) < 4.78 is 0. The summed E-state index contributed by atoms with van der Waals surface area (Å²) in [5.41, 5.74) is 0.906. The molecule has 0 aliphatic carbocycles. The summed E-state index contributed by atoms with van der Waals surface area (Å²) in [4.78, 5) is 16.7. The number of halogens is 1. The van der Waals surface area contributed by atoms with E-state index in [0.717, 1.165) is 44.6 Å². The molecule has 0 spiro atoms. The van der Waals surface area contributed by atoms with E-state index in [1.165, 1.54) is 4.80 Å². The molecule has 8 heteroatoms. The first-order valence-electron chi connectivity index (χ1n) is 9.94. The zero-order valence-electron chi connectivity index (χ0n) is 16.9. The highest BCUT2D eigenvalue weighted by Crippen LogP contribution is 2.24. The third-order valence-corrected chi connectivity index (χ3v) is 5.20. The van der Waals surface area contributed by atoms with Crippen LogP contribution in [0.5, 0.6) is 0 Å². The molecule has 2 heterocycles. The zero-order valence-corrected chi connectivity index (χ0v) is 17.7. The zero-order chi connectivity index (χ0) is 19.2. The van der Waals surface area contributed by atoms with Gasteiger partial charge in [-0.3, -0.25) is 4.79 Å². The highest BCUT2D eigenvalue weighted by molar-refractivity contribution is 5.85. The Bertz CT molecular complexity index is 727. The van der Waals surface area contributed by atoms with Crippen LogP contribution in [0, 0.1) is 11.8 Å². The van der Waals surface area contributed by atoms with Crippen molar-refractivity contribution in [2.45, 2.75) is 39.7 Å². The van der Waals surface area contributed by atoms with Crippen molar-refractivity contribution in [3.63, 3.8) is 0 Å². The van der Waals surface area contributed by atoms with Gasteiger partial charge in [0.25, 0.3) is 0 Å². The van der Waals surface area contributed by atoms with Crippen molar-refractivity contribution < 1.29 is 4.79 Å². The summed E-state index contributed by atoms with van der Waals surface area (Å²) in [5.74, 6) is 1.40. The Morgan fingerprint density at radius 2 is 1.89 bits per heavy atom. The van der Waals surface area contributed by atoms with Crippen LogP contribution < -0.4 is 5.32 Å². The third kappa shape index (κ3) is 5.29. The molecule has 1 amide bonds. The van der Waals surface area contributed by atoms with Gasteiger partial charge in [-0.1, -0.05) is 51.1 Å². The first kappa shape index (κ1) is 22.3. The number of rotatable bonds is 7. The lowest BCUT2D eigenvalue weighted by Gasteiger charge is -2.34. The van der Waals surface area contributed by atoms with E-state index >= 15 is 0 Å². The van der Waals surface area contributed by atoms with Crippen molar-refractivity contribution in [2.24, 2.45) is 11.8 Å². The molecule has 1 saturated heterocycles. The summed E-state index contributed by atoms with van der Waals surface area (Å²) >= 11 is 0. The largest absolute Gasteiger partial charge is 0.341 e. The van der Waals surface area contributed by atoms with Crippen molar-refractivity contribution in [3.05, 3.63) is 30.3 Å². The van der Waals surface area contributed by atoms with Gasteiger partial charge in [0, 0.05) is 18.7 Å². The van der Waals surface area contributed by atoms with Crippen LogP contribution in [-0.2, 0) is 4.79 Å². The van der Waals surface area contributed by atoms with Gasteiger partial charge in [-0.15, -0.1) is 22.6 Å². The van der Waals surface area contributed by atoms with Crippen LogP contribution in [-0.4, -0.2) is 57.2 Å². The van der Waals surface area contributed by atoms with Gasteiger partial charge in [0.1, 0.15) is 0 Å². The number of amides is 1. The second-order valence-corrected chi connectivity index (χ2v) is 7.56.